The first-order chi connectivity index (χ1) is 9.11. The largest absolute Gasteiger partial charge is 0.502 e. The maximum absolute atomic E-state index is 9.24. The van der Waals surface area contributed by atoms with Crippen molar-refractivity contribution in [3.05, 3.63) is 22.7 Å². The molecule has 0 aromatic heterocycles. The van der Waals surface area contributed by atoms with E-state index in [1.165, 1.54) is 0 Å². The number of methoxy groups -OCH3 is 1. The van der Waals surface area contributed by atoms with Gasteiger partial charge in [0.05, 0.1) is 31.0 Å². The molecule has 1 N–H and O–H groups in total. The topological polar surface area (TPSA) is 41.9 Å². The van der Waals surface area contributed by atoms with E-state index in [1.807, 2.05) is 6.07 Å². The molecule has 19 heavy (non-hydrogen) atoms. The molecular formula is C13H16ClNO3S. The molecule has 1 aliphatic heterocycles. The number of morpholine rings is 1. The van der Waals surface area contributed by atoms with Crippen LogP contribution in [0.5, 0.6) is 5.75 Å². The molecule has 0 radical (unpaired) electrons. The molecule has 104 valence electrons. The molecule has 1 aliphatic rings. The molecular weight excluding hydrogens is 286 g/mol. The lowest BCUT2D eigenvalue weighted by molar-refractivity contribution is 0.122. The van der Waals surface area contributed by atoms with Crippen LogP contribution in [0.2, 0.25) is 5.02 Å². The first-order valence-electron chi connectivity index (χ1n) is 6.02. The van der Waals surface area contributed by atoms with Crippen LogP contribution in [-0.4, -0.2) is 43.6 Å². The molecule has 0 bridgehead atoms. The van der Waals surface area contributed by atoms with Crippen molar-refractivity contribution in [1.82, 2.24) is 0 Å². The van der Waals surface area contributed by atoms with Gasteiger partial charge < -0.3 is 19.5 Å². The molecule has 4 nitrogen and oxygen atoms in total. The number of ether oxygens (including phenoxy) is 2. The summed E-state index contributed by atoms with van der Waals surface area (Å²) in [5, 5.41) is 9.80. The number of halogens is 1. The highest BCUT2D eigenvalue weighted by Gasteiger charge is 2.17. The number of anilines is 1. The predicted molar refractivity (Wildman–Crippen MR) is 80.0 cm³/mol. The summed E-state index contributed by atoms with van der Waals surface area (Å²) >= 11 is 11.0. The number of hydrogen-bond donors (Lipinski definition) is 1. The summed E-state index contributed by atoms with van der Waals surface area (Å²) in [5.41, 5.74) is 1.71. The van der Waals surface area contributed by atoms with Crippen LogP contribution >= 0.6 is 23.8 Å². The van der Waals surface area contributed by atoms with Gasteiger partial charge in [-0.1, -0.05) is 11.6 Å². The van der Waals surface area contributed by atoms with E-state index in [9.17, 15) is 5.11 Å². The summed E-state index contributed by atoms with van der Waals surface area (Å²) in [7, 11) is 1.59. The van der Waals surface area contributed by atoms with Gasteiger partial charge in [0.1, 0.15) is 5.75 Å². The lowest BCUT2D eigenvalue weighted by atomic mass is 10.1. The van der Waals surface area contributed by atoms with Gasteiger partial charge in [-0.05, 0) is 18.3 Å². The molecule has 1 saturated heterocycles. The molecule has 0 saturated carbocycles. The van der Waals surface area contributed by atoms with E-state index in [4.69, 9.17) is 33.3 Å². The average Bonchev–Trinajstić information content (AvgIpc) is 2.39. The average molecular weight is 302 g/mol. The quantitative estimate of drug-likeness (QED) is 0.866. The summed E-state index contributed by atoms with van der Waals surface area (Å²) in [6, 6.07) is 3.69. The van der Waals surface area contributed by atoms with Crippen LogP contribution in [0.1, 0.15) is 5.56 Å². The van der Waals surface area contributed by atoms with E-state index in [0.717, 1.165) is 24.3 Å². The summed E-state index contributed by atoms with van der Waals surface area (Å²) in [5.74, 6) is 0.683. The van der Waals surface area contributed by atoms with Crippen molar-refractivity contribution in [3.63, 3.8) is 0 Å². The third-order valence-corrected chi connectivity index (χ3v) is 3.49. The lowest BCUT2D eigenvalue weighted by Crippen LogP contribution is -2.36. The Morgan fingerprint density at radius 3 is 2.74 bits per heavy atom. The van der Waals surface area contributed by atoms with Gasteiger partial charge in [-0.15, -0.1) is 0 Å². The number of aliphatic hydroxyl groups excluding tert-OH is 1. The maximum Gasteiger partial charge on any atom is 0.161 e. The fourth-order valence-corrected chi connectivity index (χ4v) is 2.58. The van der Waals surface area contributed by atoms with Crippen LogP contribution in [-0.2, 0) is 11.2 Å². The highest BCUT2D eigenvalue weighted by Crippen LogP contribution is 2.34. The Balaban J connectivity index is 2.32. The van der Waals surface area contributed by atoms with E-state index in [0.29, 0.717) is 24.0 Å². The fourth-order valence-electron chi connectivity index (χ4n) is 2.12. The molecule has 1 aromatic carbocycles. The molecule has 1 heterocycles. The van der Waals surface area contributed by atoms with Crippen molar-refractivity contribution < 1.29 is 14.6 Å². The van der Waals surface area contributed by atoms with Crippen molar-refractivity contribution in [2.75, 3.05) is 38.3 Å². The van der Waals surface area contributed by atoms with E-state index in [1.54, 1.807) is 13.2 Å². The first-order valence-corrected chi connectivity index (χ1v) is 6.81. The minimum Gasteiger partial charge on any atom is -0.502 e. The van der Waals surface area contributed by atoms with E-state index in [-0.39, 0.29) is 11.5 Å². The SMILES string of the molecule is COc1cc(N2CCOCC2)c(Cl)cc1CC(O)=S. The van der Waals surface area contributed by atoms with Crippen LogP contribution in [0, 0.1) is 0 Å². The highest BCUT2D eigenvalue weighted by atomic mass is 35.5. The Hall–Kier alpha value is -1.04. The van der Waals surface area contributed by atoms with Crippen LogP contribution < -0.4 is 9.64 Å². The van der Waals surface area contributed by atoms with Crippen LogP contribution in [0.3, 0.4) is 0 Å². The fraction of sp³-hybridized carbons (Fsp3) is 0.462. The van der Waals surface area contributed by atoms with Gasteiger partial charge in [0.25, 0.3) is 0 Å². The Labute approximate surface area is 122 Å². The summed E-state index contributed by atoms with van der Waals surface area (Å²) in [6.07, 6.45) is 0.265. The molecule has 2 rings (SSSR count). The van der Waals surface area contributed by atoms with Crippen LogP contribution in [0.15, 0.2) is 12.1 Å². The molecule has 1 fully saturated rings. The number of nitrogens with zero attached hydrogens (tertiary/aromatic N) is 1. The second-order valence-electron chi connectivity index (χ2n) is 4.29. The summed E-state index contributed by atoms with van der Waals surface area (Å²) in [4.78, 5) is 2.16. The first kappa shape index (κ1) is 14.4. The Morgan fingerprint density at radius 1 is 1.47 bits per heavy atom. The molecule has 0 unspecified atom stereocenters. The molecule has 0 atom stereocenters. The lowest BCUT2D eigenvalue weighted by Gasteiger charge is -2.30. The van der Waals surface area contributed by atoms with Gasteiger partial charge in [0.15, 0.2) is 5.05 Å². The maximum atomic E-state index is 9.24. The molecule has 0 amide bonds. The number of aliphatic hydroxyl groups is 1. The number of rotatable bonds is 4. The number of thiocarbonyl (C=S) groups is 1. The number of benzene rings is 1. The van der Waals surface area contributed by atoms with Crippen molar-refractivity contribution in [2.45, 2.75) is 6.42 Å². The molecule has 0 spiro atoms. The van der Waals surface area contributed by atoms with E-state index < -0.39 is 0 Å². The number of hydrogen-bond acceptors (Lipinski definition) is 4. The van der Waals surface area contributed by atoms with Crippen LogP contribution in [0.4, 0.5) is 5.69 Å². The zero-order chi connectivity index (χ0) is 13.8. The van der Waals surface area contributed by atoms with Gasteiger partial charge in [0, 0.05) is 31.1 Å². The second kappa shape index (κ2) is 6.41. The highest BCUT2D eigenvalue weighted by molar-refractivity contribution is 7.80. The minimum absolute atomic E-state index is 0.0755. The predicted octanol–water partition coefficient (Wildman–Crippen LogP) is 2.61. The standard InChI is InChI=1S/C13H16ClNO3S/c1-17-12-8-11(15-2-4-18-5-3-15)10(14)6-9(12)7-13(16)19/h6,8H,2-5,7H2,1H3,(H,16,19). The van der Waals surface area contributed by atoms with Gasteiger partial charge in [-0.25, -0.2) is 0 Å². The Morgan fingerprint density at radius 2 is 2.16 bits per heavy atom. The molecule has 6 heteroatoms. The minimum atomic E-state index is -0.0755. The molecule has 1 aromatic rings. The monoisotopic (exact) mass is 301 g/mol. The molecule has 0 aliphatic carbocycles. The third kappa shape index (κ3) is 3.49. The zero-order valence-corrected chi connectivity index (χ0v) is 12.3. The van der Waals surface area contributed by atoms with Gasteiger partial charge >= 0.3 is 0 Å². The smallest absolute Gasteiger partial charge is 0.161 e. The zero-order valence-electron chi connectivity index (χ0n) is 10.7. The Bertz CT molecular complexity index is 475. The van der Waals surface area contributed by atoms with Gasteiger partial charge in [-0.3, -0.25) is 0 Å². The third-order valence-electron chi connectivity index (χ3n) is 3.04. The van der Waals surface area contributed by atoms with E-state index in [2.05, 4.69) is 4.90 Å². The summed E-state index contributed by atoms with van der Waals surface area (Å²) < 4.78 is 10.7. The second-order valence-corrected chi connectivity index (χ2v) is 5.16. The van der Waals surface area contributed by atoms with Crippen LogP contribution in [0.25, 0.3) is 0 Å². The summed E-state index contributed by atoms with van der Waals surface area (Å²) in [6.45, 7) is 3.00. The van der Waals surface area contributed by atoms with Crippen molar-refractivity contribution in [1.29, 1.82) is 0 Å². The van der Waals surface area contributed by atoms with Crippen molar-refractivity contribution in [2.24, 2.45) is 0 Å². The van der Waals surface area contributed by atoms with Crippen molar-refractivity contribution in [3.8, 4) is 5.75 Å². The van der Waals surface area contributed by atoms with Gasteiger partial charge in [-0.2, -0.15) is 0 Å². The van der Waals surface area contributed by atoms with Crippen molar-refractivity contribution >= 4 is 34.6 Å². The normalized spacial score (nSPS) is 15.4. The Kier molecular flexibility index (Phi) is 4.85. The van der Waals surface area contributed by atoms with Gasteiger partial charge in [0.2, 0.25) is 0 Å². The van der Waals surface area contributed by atoms with E-state index >= 15 is 0 Å².